The number of rotatable bonds is 2. The first kappa shape index (κ1) is 12.3. The van der Waals surface area contributed by atoms with Crippen LogP contribution in [0.5, 0.6) is 11.5 Å². The highest BCUT2D eigenvalue weighted by Gasteiger charge is 2.20. The number of nitrogens with zero attached hydrogens (tertiary/aromatic N) is 1. The molecule has 0 unspecified atom stereocenters. The molecule has 0 saturated heterocycles. The standard InChI is InChI=1S/C11H8ClNO5/c1-4-5(12)2-7(14)10(15)9(4)8-3-6(11(16)17)13-18-8/h2-3,14-15H,1H3,(H,16,17). The van der Waals surface area contributed by atoms with E-state index in [1.54, 1.807) is 6.92 Å². The van der Waals surface area contributed by atoms with Crippen LogP contribution in [0.1, 0.15) is 16.1 Å². The Kier molecular flexibility index (Phi) is 2.88. The number of carboxylic acid groups (broad SMARTS) is 1. The highest BCUT2D eigenvalue weighted by Crippen LogP contribution is 2.42. The van der Waals surface area contributed by atoms with E-state index in [1.807, 2.05) is 0 Å². The number of aromatic carboxylic acids is 1. The zero-order valence-corrected chi connectivity index (χ0v) is 9.89. The molecule has 0 aliphatic carbocycles. The number of aromatic hydroxyl groups is 2. The molecule has 0 fully saturated rings. The van der Waals surface area contributed by atoms with E-state index in [-0.39, 0.29) is 22.0 Å². The van der Waals surface area contributed by atoms with Crippen molar-refractivity contribution < 1.29 is 24.6 Å². The van der Waals surface area contributed by atoms with Gasteiger partial charge in [0.2, 0.25) is 0 Å². The summed E-state index contributed by atoms with van der Waals surface area (Å²) in [7, 11) is 0. The predicted octanol–water partition coefficient (Wildman–Crippen LogP) is 2.41. The van der Waals surface area contributed by atoms with Crippen molar-refractivity contribution in [3.8, 4) is 22.8 Å². The van der Waals surface area contributed by atoms with E-state index in [9.17, 15) is 15.0 Å². The van der Waals surface area contributed by atoms with Gasteiger partial charge in [0.05, 0.1) is 5.56 Å². The average molecular weight is 270 g/mol. The minimum atomic E-state index is -1.26. The highest BCUT2D eigenvalue weighted by molar-refractivity contribution is 6.32. The Morgan fingerprint density at radius 3 is 2.61 bits per heavy atom. The van der Waals surface area contributed by atoms with Crippen molar-refractivity contribution in [3.63, 3.8) is 0 Å². The molecule has 1 aromatic heterocycles. The van der Waals surface area contributed by atoms with Crippen molar-refractivity contribution in [1.29, 1.82) is 0 Å². The molecule has 0 atom stereocenters. The lowest BCUT2D eigenvalue weighted by molar-refractivity contribution is 0.0686. The zero-order chi connectivity index (χ0) is 13.4. The van der Waals surface area contributed by atoms with Crippen LogP contribution in [0.3, 0.4) is 0 Å². The Hall–Kier alpha value is -2.21. The van der Waals surface area contributed by atoms with Gasteiger partial charge in [0.25, 0.3) is 0 Å². The fraction of sp³-hybridized carbons (Fsp3) is 0.0909. The molecular weight excluding hydrogens is 262 g/mol. The van der Waals surface area contributed by atoms with Crippen molar-refractivity contribution in [1.82, 2.24) is 5.16 Å². The molecule has 0 spiro atoms. The van der Waals surface area contributed by atoms with Crippen molar-refractivity contribution in [3.05, 3.63) is 28.4 Å². The lowest BCUT2D eigenvalue weighted by Gasteiger charge is -2.08. The fourth-order valence-corrected chi connectivity index (χ4v) is 1.71. The Morgan fingerprint density at radius 1 is 1.39 bits per heavy atom. The maximum atomic E-state index is 10.7. The molecule has 2 rings (SSSR count). The number of phenolic OH excluding ortho intramolecular Hbond substituents is 2. The van der Waals surface area contributed by atoms with Crippen LogP contribution in [-0.4, -0.2) is 26.4 Å². The monoisotopic (exact) mass is 269 g/mol. The summed E-state index contributed by atoms with van der Waals surface area (Å²) in [5.41, 5.74) is 0.253. The van der Waals surface area contributed by atoms with Crippen LogP contribution < -0.4 is 0 Å². The van der Waals surface area contributed by atoms with Crippen LogP contribution >= 0.6 is 11.6 Å². The van der Waals surface area contributed by atoms with Crippen LogP contribution in [0.4, 0.5) is 0 Å². The third kappa shape index (κ3) is 1.86. The number of halogens is 1. The summed E-state index contributed by atoms with van der Waals surface area (Å²) in [6, 6.07) is 2.32. The minimum Gasteiger partial charge on any atom is -0.504 e. The van der Waals surface area contributed by atoms with E-state index in [0.717, 1.165) is 6.07 Å². The smallest absolute Gasteiger partial charge is 0.358 e. The fourth-order valence-electron chi connectivity index (χ4n) is 1.52. The number of benzene rings is 1. The SMILES string of the molecule is Cc1c(Cl)cc(O)c(O)c1-c1cc(C(=O)O)no1. The van der Waals surface area contributed by atoms with Gasteiger partial charge in [-0.25, -0.2) is 4.79 Å². The molecule has 2 aromatic rings. The largest absolute Gasteiger partial charge is 0.504 e. The quantitative estimate of drug-likeness (QED) is 0.723. The van der Waals surface area contributed by atoms with Crippen molar-refractivity contribution >= 4 is 17.6 Å². The first-order chi connectivity index (χ1) is 8.41. The summed E-state index contributed by atoms with van der Waals surface area (Å²) in [6.07, 6.45) is 0. The Bertz CT molecular complexity index is 608. The first-order valence-electron chi connectivity index (χ1n) is 4.83. The third-order valence-corrected chi connectivity index (χ3v) is 2.84. The lowest BCUT2D eigenvalue weighted by Crippen LogP contribution is -1.94. The summed E-state index contributed by atoms with van der Waals surface area (Å²) in [5, 5.41) is 31.5. The molecule has 18 heavy (non-hydrogen) atoms. The van der Waals surface area contributed by atoms with Crippen LogP contribution in [0.15, 0.2) is 16.7 Å². The van der Waals surface area contributed by atoms with E-state index in [0.29, 0.717) is 5.56 Å². The number of hydrogen-bond donors (Lipinski definition) is 3. The summed E-state index contributed by atoms with van der Waals surface area (Å²) >= 11 is 5.86. The Morgan fingerprint density at radius 2 is 2.06 bits per heavy atom. The van der Waals surface area contributed by atoms with E-state index in [4.69, 9.17) is 21.2 Å². The van der Waals surface area contributed by atoms with Crippen LogP contribution in [0.2, 0.25) is 5.02 Å². The van der Waals surface area contributed by atoms with Gasteiger partial charge in [-0.15, -0.1) is 0 Å². The summed E-state index contributed by atoms with van der Waals surface area (Å²) in [4.78, 5) is 10.7. The molecule has 0 bridgehead atoms. The highest BCUT2D eigenvalue weighted by atomic mass is 35.5. The van der Waals surface area contributed by atoms with Gasteiger partial charge >= 0.3 is 5.97 Å². The molecule has 0 saturated carbocycles. The van der Waals surface area contributed by atoms with Gasteiger partial charge < -0.3 is 19.8 Å². The van der Waals surface area contributed by atoms with Crippen LogP contribution in [0, 0.1) is 6.92 Å². The minimum absolute atomic E-state index is 0.0141. The lowest BCUT2D eigenvalue weighted by atomic mass is 10.0. The number of carboxylic acids is 1. The second kappa shape index (κ2) is 4.23. The summed E-state index contributed by atoms with van der Waals surface area (Å²) < 4.78 is 4.82. The molecule has 1 aromatic carbocycles. The van der Waals surface area contributed by atoms with Gasteiger partial charge in [0.15, 0.2) is 23.0 Å². The van der Waals surface area contributed by atoms with Crippen LogP contribution in [-0.2, 0) is 0 Å². The second-order valence-electron chi connectivity index (χ2n) is 3.61. The molecule has 0 aliphatic heterocycles. The van der Waals surface area contributed by atoms with E-state index in [1.165, 1.54) is 6.07 Å². The molecule has 0 amide bonds. The van der Waals surface area contributed by atoms with Gasteiger partial charge in [-0.05, 0) is 12.5 Å². The van der Waals surface area contributed by atoms with Crippen molar-refractivity contribution in [2.45, 2.75) is 6.92 Å². The third-order valence-electron chi connectivity index (χ3n) is 2.45. The normalized spacial score (nSPS) is 10.6. The molecule has 7 heteroatoms. The maximum absolute atomic E-state index is 10.7. The summed E-state index contributed by atoms with van der Waals surface area (Å²) in [6.45, 7) is 1.60. The second-order valence-corrected chi connectivity index (χ2v) is 4.01. The van der Waals surface area contributed by atoms with Crippen LogP contribution in [0.25, 0.3) is 11.3 Å². The summed E-state index contributed by atoms with van der Waals surface area (Å²) in [5.74, 6) is -2.10. The van der Waals surface area contributed by atoms with Gasteiger partial charge in [-0.3, -0.25) is 0 Å². The first-order valence-corrected chi connectivity index (χ1v) is 5.21. The molecule has 94 valence electrons. The van der Waals surface area contributed by atoms with Gasteiger partial charge in [-0.2, -0.15) is 0 Å². The number of hydrogen-bond acceptors (Lipinski definition) is 5. The topological polar surface area (TPSA) is 104 Å². The predicted molar refractivity (Wildman–Crippen MR) is 62.0 cm³/mol. The molecular formula is C11H8ClNO5. The van der Waals surface area contributed by atoms with E-state index in [2.05, 4.69) is 5.16 Å². The molecule has 6 nitrogen and oxygen atoms in total. The molecule has 1 heterocycles. The molecule has 0 aliphatic rings. The van der Waals surface area contributed by atoms with Gasteiger partial charge in [0, 0.05) is 17.2 Å². The van der Waals surface area contributed by atoms with Crippen molar-refractivity contribution in [2.75, 3.05) is 0 Å². The van der Waals surface area contributed by atoms with E-state index < -0.39 is 17.5 Å². The number of aromatic nitrogens is 1. The van der Waals surface area contributed by atoms with Gasteiger partial charge in [-0.1, -0.05) is 16.8 Å². The zero-order valence-electron chi connectivity index (χ0n) is 9.14. The Labute approximate surface area is 106 Å². The maximum Gasteiger partial charge on any atom is 0.358 e. The number of phenols is 2. The molecule has 0 radical (unpaired) electrons. The van der Waals surface area contributed by atoms with E-state index >= 15 is 0 Å². The Balaban J connectivity index is 2.66. The average Bonchev–Trinajstić information content (AvgIpc) is 2.76. The molecule has 3 N–H and O–H groups in total. The van der Waals surface area contributed by atoms with Gasteiger partial charge in [0.1, 0.15) is 0 Å². The number of carbonyl (C=O) groups is 1. The van der Waals surface area contributed by atoms with Crippen molar-refractivity contribution in [2.24, 2.45) is 0 Å².